The predicted octanol–water partition coefficient (Wildman–Crippen LogP) is 11.6. The minimum Gasteiger partial charge on any atom is -0.499 e. The lowest BCUT2D eigenvalue weighted by atomic mass is 9.77. The van der Waals surface area contributed by atoms with Crippen LogP contribution in [0, 0.1) is 10.8 Å². The number of hydrogen-bond acceptors (Lipinski definition) is 17. The Hall–Kier alpha value is -5.99. The fraction of sp³-hybridized carbons (Fsp3) is 0.523. The molecule has 87 heavy (non-hydrogen) atoms. The number of rotatable bonds is 10. The van der Waals surface area contributed by atoms with Gasteiger partial charge in [-0.05, 0) is 145 Å². The zero-order valence-electron chi connectivity index (χ0n) is 50.1. The Bertz CT molecular complexity index is 3330. The number of ether oxygens (including phenoxy) is 9. The van der Waals surface area contributed by atoms with Crippen molar-refractivity contribution in [2.24, 2.45) is 10.8 Å². The molecule has 3 aromatic carbocycles. The number of carbonyl (C=O) groups is 5. The zero-order valence-corrected chi connectivity index (χ0v) is 53.1. The first-order chi connectivity index (χ1) is 41.1. The van der Waals surface area contributed by atoms with E-state index in [0.717, 1.165) is 87.5 Å². The minimum atomic E-state index is -1.31. The number of aliphatic carboxylic acids is 1. The molecule has 8 aliphatic heterocycles. The molecule has 4 fully saturated rings. The van der Waals surface area contributed by atoms with Gasteiger partial charge in [0.15, 0.2) is 29.1 Å². The van der Waals surface area contributed by atoms with Crippen molar-refractivity contribution in [1.29, 1.82) is 0 Å². The van der Waals surface area contributed by atoms with E-state index in [2.05, 4.69) is 67.0 Å². The van der Waals surface area contributed by atoms with Crippen LogP contribution in [-0.2, 0) is 55.7 Å². The number of cyclic esters (lactones) is 2. The van der Waals surface area contributed by atoms with Gasteiger partial charge in [0.2, 0.25) is 24.8 Å². The number of halogens is 4. The van der Waals surface area contributed by atoms with Crippen LogP contribution in [0.2, 0.25) is 15.1 Å². The average molecular weight is 1280 g/mol. The van der Waals surface area contributed by atoms with E-state index in [1.807, 2.05) is 39.0 Å². The van der Waals surface area contributed by atoms with Crippen LogP contribution in [0.1, 0.15) is 137 Å². The van der Waals surface area contributed by atoms with Crippen molar-refractivity contribution in [3.05, 3.63) is 127 Å². The number of aliphatic hydroxyl groups is 1. The molecule has 2 aliphatic carbocycles. The average Bonchev–Trinajstić information content (AvgIpc) is 1.58. The molecule has 18 nitrogen and oxygen atoms in total. The summed E-state index contributed by atoms with van der Waals surface area (Å²) >= 11 is 22.1. The van der Waals surface area contributed by atoms with Gasteiger partial charge >= 0.3 is 23.9 Å². The molecule has 8 atom stereocenters. The van der Waals surface area contributed by atoms with Crippen molar-refractivity contribution in [3.63, 3.8) is 0 Å². The summed E-state index contributed by atoms with van der Waals surface area (Å²) in [5.41, 5.74) is 1.72. The molecular weight excluding hydrogens is 1210 g/mol. The minimum absolute atomic E-state index is 0.00644. The van der Waals surface area contributed by atoms with E-state index in [1.54, 1.807) is 20.3 Å². The Kier molecular flexibility index (Phi) is 18.2. The van der Waals surface area contributed by atoms with E-state index in [4.69, 9.17) is 94.1 Å². The molecule has 3 aromatic rings. The highest BCUT2D eigenvalue weighted by atomic mass is 35.5. The molecule has 2 N–H and O–H groups in total. The molecule has 2 spiro atoms. The standard InChI is InChI=1S/C29H35NO7.C18H21NO4.C11H16O4.C7H2Cl4O/c1-27(2,3)8-5-10-29(16-23(31)37-29)26(32)36-25-22(33-4)15-28-9-6-11-30(28)12-7-18-13-20-21(35-17-34-20)14-19(18)24(25)28;1-21-15-9-18-4-2-5-19(18)6-3-11-7-13-14(23-10-22-13)8-12(11)16(18)17(15)20;1-10(2,3)5-4-6-11(9(13)14)7-8(12)15-11;8-3-1-4(9)6(7(11)12)5(10)2-3/h5,8,13-15,24-25H,6-7,9-12,16-17H2,1-4H3;7-9,16-17,20H,2-6,10H2,1H3;4-5H,6-7H2,1-3H3,(H,13,14);1-2H/b8-5+;;5-4+;/t24-,25-,28+,29-;16-,17-,18+;11-;/m111./s1. The third-order valence-electron chi connectivity index (χ3n) is 17.8. The number of carboxylic acid groups (broad SMARTS) is 1. The number of hydrogen-bond donors (Lipinski definition) is 2. The third-order valence-corrected chi connectivity index (χ3v) is 18.8. The smallest absolute Gasteiger partial charge is 0.352 e. The highest BCUT2D eigenvalue weighted by Gasteiger charge is 2.61. The van der Waals surface area contributed by atoms with E-state index in [-0.39, 0.29) is 94.6 Å². The van der Waals surface area contributed by atoms with E-state index in [9.17, 15) is 29.1 Å². The summed E-state index contributed by atoms with van der Waals surface area (Å²) in [5, 5.41) is 19.9. The number of carboxylic acids is 1. The molecule has 13 rings (SSSR count). The van der Waals surface area contributed by atoms with Crippen molar-refractivity contribution < 1.29 is 76.8 Å². The van der Waals surface area contributed by atoms with Crippen LogP contribution in [0.4, 0.5) is 0 Å². The van der Waals surface area contributed by atoms with Gasteiger partial charge < -0.3 is 52.8 Å². The normalized spacial score (nSPS) is 28.7. The Labute approximate surface area is 526 Å². The summed E-state index contributed by atoms with van der Waals surface area (Å²) in [4.78, 5) is 63.0. The van der Waals surface area contributed by atoms with Gasteiger partial charge in [-0.15, -0.1) is 0 Å². The second-order valence-corrected chi connectivity index (χ2v) is 27.4. The van der Waals surface area contributed by atoms with Crippen LogP contribution in [0.3, 0.4) is 0 Å². The maximum absolute atomic E-state index is 13.7. The number of benzene rings is 3. The van der Waals surface area contributed by atoms with Gasteiger partial charge in [0.05, 0.1) is 59.7 Å². The Morgan fingerprint density at radius 3 is 1.54 bits per heavy atom. The summed E-state index contributed by atoms with van der Waals surface area (Å²) in [5.74, 6) is 1.85. The summed E-state index contributed by atoms with van der Waals surface area (Å²) in [6, 6.07) is 11.1. The lowest BCUT2D eigenvalue weighted by Crippen LogP contribution is -2.56. The zero-order chi connectivity index (χ0) is 62.6. The fourth-order valence-corrected chi connectivity index (χ4v) is 15.1. The van der Waals surface area contributed by atoms with Crippen LogP contribution in [0.5, 0.6) is 23.0 Å². The molecule has 8 heterocycles. The van der Waals surface area contributed by atoms with Crippen LogP contribution in [0.25, 0.3) is 0 Å². The van der Waals surface area contributed by atoms with E-state index in [1.165, 1.54) is 28.8 Å². The number of methoxy groups -OCH3 is 2. The molecule has 0 radical (unpaired) electrons. The van der Waals surface area contributed by atoms with Gasteiger partial charge in [-0.25, -0.2) is 9.59 Å². The molecule has 468 valence electrons. The Morgan fingerprint density at radius 2 is 1.09 bits per heavy atom. The van der Waals surface area contributed by atoms with Gasteiger partial charge in [-0.3, -0.25) is 24.2 Å². The highest BCUT2D eigenvalue weighted by Crippen LogP contribution is 2.57. The predicted molar refractivity (Wildman–Crippen MR) is 324 cm³/mol. The summed E-state index contributed by atoms with van der Waals surface area (Å²) < 4.78 is 50.4. The molecule has 0 aromatic heterocycles. The number of allylic oxidation sites excluding steroid dienone is 2. The molecule has 22 heteroatoms. The van der Waals surface area contributed by atoms with Crippen LogP contribution in [-0.4, -0.2) is 138 Å². The largest absolute Gasteiger partial charge is 0.499 e. The summed E-state index contributed by atoms with van der Waals surface area (Å²) in [7, 11) is 3.27. The van der Waals surface area contributed by atoms with Crippen molar-refractivity contribution in [2.45, 2.75) is 152 Å². The van der Waals surface area contributed by atoms with Gasteiger partial charge in [0.25, 0.3) is 5.24 Å². The number of fused-ring (bicyclic) bond motifs is 6. The van der Waals surface area contributed by atoms with Crippen molar-refractivity contribution in [1.82, 2.24) is 9.80 Å². The van der Waals surface area contributed by atoms with Crippen molar-refractivity contribution in [3.8, 4) is 23.0 Å². The van der Waals surface area contributed by atoms with Gasteiger partial charge in [-0.1, -0.05) is 101 Å². The number of carbonyl (C=O) groups excluding carboxylic acids is 4. The molecule has 0 amide bonds. The highest BCUT2D eigenvalue weighted by molar-refractivity contribution is 6.70. The Morgan fingerprint density at radius 1 is 0.655 bits per heavy atom. The summed E-state index contributed by atoms with van der Waals surface area (Å²) in [6.07, 6.45) is 17.3. The number of nitrogens with zero attached hydrogens (tertiary/aromatic N) is 2. The maximum atomic E-state index is 13.7. The monoisotopic (exact) mass is 1280 g/mol. The first-order valence-corrected chi connectivity index (χ1v) is 30.8. The first kappa shape index (κ1) is 64.0. The van der Waals surface area contributed by atoms with Crippen molar-refractivity contribution >= 4 is 75.5 Å². The van der Waals surface area contributed by atoms with Crippen LogP contribution in [0.15, 0.2) is 84.4 Å². The van der Waals surface area contributed by atoms with Crippen molar-refractivity contribution in [2.75, 3.05) is 54.0 Å². The molecule has 0 saturated carbocycles. The maximum Gasteiger partial charge on any atom is 0.352 e. The van der Waals surface area contributed by atoms with E-state index < -0.39 is 46.6 Å². The first-order valence-electron chi connectivity index (χ1n) is 29.3. The number of aliphatic hydroxyl groups excluding tert-OH is 1. The van der Waals surface area contributed by atoms with Crippen LogP contribution < -0.4 is 18.9 Å². The molecule has 10 aliphatic rings. The lowest BCUT2D eigenvalue weighted by molar-refractivity contribution is -0.210. The van der Waals surface area contributed by atoms with Gasteiger partial charge in [0, 0.05) is 36.9 Å². The summed E-state index contributed by atoms with van der Waals surface area (Å²) in [6.45, 7) is 16.7. The number of esters is 3. The van der Waals surface area contributed by atoms with E-state index >= 15 is 0 Å². The molecular formula is C65H74Cl4N2O16. The fourth-order valence-electron chi connectivity index (χ4n) is 13.8. The topological polar surface area (TPSA) is 215 Å². The Balaban J connectivity index is 0.000000142. The van der Waals surface area contributed by atoms with Gasteiger partial charge in [0.1, 0.15) is 17.6 Å². The quantitative estimate of drug-likeness (QED) is 0.0835. The van der Waals surface area contributed by atoms with Gasteiger partial charge in [-0.2, -0.15) is 0 Å². The third kappa shape index (κ3) is 12.7. The second kappa shape index (κ2) is 24.8. The van der Waals surface area contributed by atoms with E-state index in [0.29, 0.717) is 22.3 Å². The SMILES string of the molecule is CC(C)(C)/C=C/C[C@]1(C(=O)O)CC(=O)O1.COC1=C[C@]23CCCN2CCc2cc4c(cc2[C@@H]3[C@@H]1O)OCO4.COC1=C[C@]23CCCN2CCc2cc4c(cc2[C@@H]3[C@@H]1OC(=O)[C@@]1(C/C=C/C(C)(C)C)CC(=O)O1)OCO4.O=C(Cl)c1c(Cl)cc(Cl)cc1Cl. The molecule has 0 unspecified atom stereocenters. The second-order valence-electron chi connectivity index (χ2n) is 25.8. The van der Waals surface area contributed by atoms with Crippen LogP contribution >= 0.6 is 46.4 Å². The lowest BCUT2D eigenvalue weighted by Gasteiger charge is -2.41. The molecule has 4 saturated heterocycles. The molecule has 0 bridgehead atoms.